The van der Waals surface area contributed by atoms with Crippen LogP contribution in [0.3, 0.4) is 0 Å². The zero-order valence-corrected chi connectivity index (χ0v) is 13.8. The summed E-state index contributed by atoms with van der Waals surface area (Å²) in [6.45, 7) is -0.497. The van der Waals surface area contributed by atoms with Crippen molar-refractivity contribution in [2.75, 3.05) is 13.2 Å². The number of amides is 1. The van der Waals surface area contributed by atoms with Gasteiger partial charge in [-0.1, -0.05) is 0 Å². The van der Waals surface area contributed by atoms with E-state index in [0.717, 1.165) is 6.92 Å². The van der Waals surface area contributed by atoms with E-state index in [1.54, 1.807) is 0 Å². The van der Waals surface area contributed by atoms with E-state index in [1.165, 1.54) is 0 Å². The third kappa shape index (κ3) is 5.07. The zero-order valence-electron chi connectivity index (χ0n) is 13.8. The first-order valence-electron chi connectivity index (χ1n) is 7.50. The van der Waals surface area contributed by atoms with Gasteiger partial charge < -0.3 is 41.3 Å². The average Bonchev–Trinajstić information content (AvgIpc) is 2.59. The first kappa shape index (κ1) is 22.2. The Morgan fingerprint density at radius 2 is 2.00 bits per heavy atom. The number of ether oxygens (including phenoxy) is 1. The van der Waals surface area contributed by atoms with Crippen LogP contribution >= 0.6 is 0 Å². The molecule has 1 aliphatic heterocycles. The lowest BCUT2D eigenvalue weighted by Crippen LogP contribution is -2.68. The van der Waals surface area contributed by atoms with E-state index in [4.69, 9.17) is 15.6 Å². The summed E-state index contributed by atoms with van der Waals surface area (Å²) in [6, 6.07) is -1.41. The van der Waals surface area contributed by atoms with Crippen molar-refractivity contribution >= 4 is 17.8 Å². The van der Waals surface area contributed by atoms with E-state index in [-0.39, 0.29) is 0 Å². The van der Waals surface area contributed by atoms with Crippen molar-refractivity contribution in [3.05, 3.63) is 0 Å². The molecule has 13 heteroatoms. The molecule has 1 aliphatic rings. The number of aliphatic hydroxyl groups is 4. The highest BCUT2D eigenvalue weighted by Gasteiger charge is 2.57. The van der Waals surface area contributed by atoms with Crippen LogP contribution in [0.2, 0.25) is 0 Å². The molecule has 0 unspecified atom stereocenters. The van der Waals surface area contributed by atoms with Crippen molar-refractivity contribution in [2.24, 2.45) is 5.73 Å². The lowest BCUT2D eigenvalue weighted by Gasteiger charge is -2.45. The maximum Gasteiger partial charge on any atom is 0.368 e. The highest BCUT2D eigenvalue weighted by molar-refractivity contribution is 5.79. The molecule has 0 aromatic carbocycles. The monoisotopic (exact) mass is 382 g/mol. The Kier molecular flexibility index (Phi) is 7.83. The third-order valence-electron chi connectivity index (χ3n) is 3.62. The second kappa shape index (κ2) is 9.18. The molecule has 0 aromatic heterocycles. The lowest BCUT2D eigenvalue weighted by molar-refractivity contribution is -0.420. The fourth-order valence-electron chi connectivity index (χ4n) is 2.35. The van der Waals surface area contributed by atoms with Gasteiger partial charge in [-0.2, -0.15) is 0 Å². The van der Waals surface area contributed by atoms with Crippen LogP contribution in [0.4, 0.5) is 0 Å². The third-order valence-corrected chi connectivity index (χ3v) is 3.62. The highest BCUT2D eigenvalue weighted by atomic mass is 17.2. The van der Waals surface area contributed by atoms with Crippen molar-refractivity contribution in [1.29, 1.82) is 0 Å². The van der Waals surface area contributed by atoms with Crippen molar-refractivity contribution in [1.82, 2.24) is 5.32 Å². The summed E-state index contributed by atoms with van der Waals surface area (Å²) in [4.78, 5) is 42.7. The molecule has 26 heavy (non-hydrogen) atoms. The number of nitrogens with two attached hydrogens (primary N) is 1. The molecule has 0 aromatic rings. The van der Waals surface area contributed by atoms with Crippen LogP contribution in [0.25, 0.3) is 0 Å². The van der Waals surface area contributed by atoms with E-state index in [9.17, 15) is 34.8 Å². The van der Waals surface area contributed by atoms with Crippen LogP contribution in [-0.4, -0.2) is 92.8 Å². The second-order valence-corrected chi connectivity index (χ2v) is 5.61. The molecule has 1 saturated heterocycles. The Bertz CT molecular complexity index is 530. The molecule has 1 rings (SSSR count). The molecule has 1 amide bonds. The number of carbonyl (C=O) groups excluding carboxylic acids is 2. The second-order valence-electron chi connectivity index (χ2n) is 5.61. The van der Waals surface area contributed by atoms with Gasteiger partial charge in [-0.3, -0.25) is 9.68 Å². The molecule has 8 N–H and O–H groups in total. The van der Waals surface area contributed by atoms with Gasteiger partial charge in [0.25, 0.3) is 0 Å². The van der Waals surface area contributed by atoms with Gasteiger partial charge >= 0.3 is 17.7 Å². The maximum absolute atomic E-state index is 11.6. The Labute approximate surface area is 147 Å². The van der Waals surface area contributed by atoms with E-state index in [0.29, 0.717) is 0 Å². The van der Waals surface area contributed by atoms with Gasteiger partial charge in [-0.25, -0.2) is 9.59 Å². The minimum atomic E-state index is -2.73. The number of carboxylic acids is 1. The maximum atomic E-state index is 11.6. The van der Waals surface area contributed by atoms with Crippen LogP contribution in [0.15, 0.2) is 0 Å². The standard InChI is InChI=1S/C13H22N2O11/c1-5(17)25-26-13(12(22)23)2-6(18)9(15-8(20)3-14)11(24-13)10(21)7(19)4-16/h6-7,9-11,16,18-19,21H,2-4,14H2,1H3,(H,15,20)(H,22,23)/t6-,7+,9+,10+,11+,13+/m0/s1. The van der Waals surface area contributed by atoms with E-state index in [1.807, 2.05) is 0 Å². The molecular weight excluding hydrogens is 360 g/mol. The number of hydrogen-bond donors (Lipinski definition) is 7. The summed E-state index contributed by atoms with van der Waals surface area (Å²) in [5.74, 6) is -6.32. The Balaban J connectivity index is 3.20. The van der Waals surface area contributed by atoms with Crippen molar-refractivity contribution in [2.45, 2.75) is 49.6 Å². The van der Waals surface area contributed by atoms with Crippen LogP contribution in [0.5, 0.6) is 0 Å². The summed E-state index contributed by atoms with van der Waals surface area (Å²) in [5.41, 5.74) is 5.16. The Hall–Kier alpha value is -1.87. The van der Waals surface area contributed by atoms with Gasteiger partial charge in [-0.05, 0) is 0 Å². The molecule has 1 heterocycles. The zero-order chi connectivity index (χ0) is 20.1. The van der Waals surface area contributed by atoms with Gasteiger partial charge in [0.05, 0.1) is 25.3 Å². The largest absolute Gasteiger partial charge is 0.477 e. The number of carboxylic acid groups (broad SMARTS) is 1. The molecule has 0 radical (unpaired) electrons. The molecule has 0 spiro atoms. The Morgan fingerprint density at radius 1 is 1.38 bits per heavy atom. The molecule has 6 atom stereocenters. The molecular formula is C13H22N2O11. The molecule has 150 valence electrons. The average molecular weight is 382 g/mol. The molecule has 1 fully saturated rings. The van der Waals surface area contributed by atoms with E-state index < -0.39 is 73.7 Å². The highest BCUT2D eigenvalue weighted by Crippen LogP contribution is 2.33. The van der Waals surface area contributed by atoms with Crippen molar-refractivity contribution in [3.8, 4) is 0 Å². The van der Waals surface area contributed by atoms with Gasteiger partial charge in [0.15, 0.2) is 0 Å². The molecule has 0 bridgehead atoms. The minimum absolute atomic E-state index is 0.484. The SMILES string of the molecule is CC(=O)OO[C@@]1(C(=O)O)C[C@H](O)[C@@H](NC(=O)CN)[C@H]([C@H](O)[C@H](O)CO)O1. The summed E-state index contributed by atoms with van der Waals surface area (Å²) in [6.07, 6.45) is -7.98. The molecule has 13 nitrogen and oxygen atoms in total. The first-order chi connectivity index (χ1) is 12.1. The summed E-state index contributed by atoms with van der Waals surface area (Å²) >= 11 is 0. The predicted molar refractivity (Wildman–Crippen MR) is 78.8 cm³/mol. The Morgan fingerprint density at radius 3 is 2.46 bits per heavy atom. The van der Waals surface area contributed by atoms with Crippen LogP contribution in [0, 0.1) is 0 Å². The molecule has 0 saturated carbocycles. The summed E-state index contributed by atoms with van der Waals surface area (Å²) in [5, 5.41) is 50.6. The van der Waals surface area contributed by atoms with E-state index in [2.05, 4.69) is 15.1 Å². The smallest absolute Gasteiger partial charge is 0.368 e. The fourth-order valence-corrected chi connectivity index (χ4v) is 2.35. The van der Waals surface area contributed by atoms with Crippen LogP contribution < -0.4 is 11.1 Å². The normalized spacial score (nSPS) is 30.9. The van der Waals surface area contributed by atoms with Crippen molar-refractivity contribution < 1.29 is 54.4 Å². The number of aliphatic carboxylic acids is 1. The van der Waals surface area contributed by atoms with Crippen LogP contribution in [-0.2, 0) is 28.9 Å². The lowest BCUT2D eigenvalue weighted by atomic mass is 9.88. The first-order valence-corrected chi connectivity index (χ1v) is 7.50. The number of nitrogens with one attached hydrogen (secondary N) is 1. The van der Waals surface area contributed by atoms with E-state index >= 15 is 0 Å². The quantitative estimate of drug-likeness (QED) is 0.156. The number of carbonyl (C=O) groups is 3. The number of hydrogen-bond acceptors (Lipinski definition) is 11. The van der Waals surface area contributed by atoms with Crippen LogP contribution in [0.1, 0.15) is 13.3 Å². The topological polar surface area (TPSA) is 218 Å². The van der Waals surface area contributed by atoms with Gasteiger partial charge in [0.1, 0.15) is 18.3 Å². The molecule has 0 aliphatic carbocycles. The fraction of sp³-hybridized carbons (Fsp3) is 0.769. The van der Waals surface area contributed by atoms with Gasteiger partial charge in [0, 0.05) is 13.3 Å². The summed E-state index contributed by atoms with van der Waals surface area (Å²) in [7, 11) is 0. The van der Waals surface area contributed by atoms with Gasteiger partial charge in [-0.15, -0.1) is 4.89 Å². The minimum Gasteiger partial charge on any atom is -0.477 e. The summed E-state index contributed by atoms with van der Waals surface area (Å²) < 4.78 is 5.16. The van der Waals surface area contributed by atoms with Gasteiger partial charge in [0.2, 0.25) is 5.91 Å². The number of rotatable bonds is 8. The number of aliphatic hydroxyl groups excluding tert-OH is 4. The van der Waals surface area contributed by atoms with Crippen molar-refractivity contribution in [3.63, 3.8) is 0 Å². The predicted octanol–water partition coefficient (Wildman–Crippen LogP) is -4.43.